The minimum absolute atomic E-state index is 0.142. The van der Waals surface area contributed by atoms with Crippen molar-refractivity contribution in [3.05, 3.63) is 53.1 Å². The number of carbonyl (C=O) groups excluding carboxylic acids is 1. The van der Waals surface area contributed by atoms with E-state index in [1.54, 1.807) is 45.4 Å². The number of methoxy groups -OCH3 is 2. The topological polar surface area (TPSA) is 90.6 Å². The van der Waals surface area contributed by atoms with Gasteiger partial charge in [-0.1, -0.05) is 23.4 Å². The smallest absolute Gasteiger partial charge is 0.250 e. The number of nitrogens with one attached hydrogen (secondary N) is 1. The van der Waals surface area contributed by atoms with Gasteiger partial charge in [0.15, 0.2) is 11.0 Å². The minimum Gasteiger partial charge on any atom is -0.497 e. The summed E-state index contributed by atoms with van der Waals surface area (Å²) >= 11 is 7.21. The molecule has 1 amide bonds. The highest BCUT2D eigenvalue weighted by atomic mass is 35.5. The quantitative estimate of drug-likeness (QED) is 0.313. The molecule has 2 aromatic carbocycles. The lowest BCUT2D eigenvalue weighted by atomic mass is 10.1. The maximum absolute atomic E-state index is 12.3. The Bertz CT molecular complexity index is 1100. The second-order valence-corrected chi connectivity index (χ2v) is 7.84. The van der Waals surface area contributed by atoms with Crippen LogP contribution in [0, 0.1) is 0 Å². The summed E-state index contributed by atoms with van der Waals surface area (Å²) in [6.07, 6.45) is 0. The average molecular weight is 460 g/mol. The monoisotopic (exact) mass is 459 g/mol. The van der Waals surface area contributed by atoms with Crippen molar-refractivity contribution in [3.8, 4) is 22.9 Å². The zero-order valence-electron chi connectivity index (χ0n) is 17.5. The molecule has 1 heterocycles. The molecule has 1 aromatic heterocycles. The van der Waals surface area contributed by atoms with Crippen molar-refractivity contribution in [3.63, 3.8) is 0 Å². The molecule has 0 atom stereocenters. The predicted molar refractivity (Wildman–Crippen MR) is 122 cm³/mol. The molecule has 0 aliphatic heterocycles. The number of hydrogen-bond acceptors (Lipinski definition) is 7. The summed E-state index contributed by atoms with van der Waals surface area (Å²) in [6.45, 7) is 1.79. The van der Waals surface area contributed by atoms with E-state index in [0.717, 1.165) is 11.1 Å². The summed E-state index contributed by atoms with van der Waals surface area (Å²) < 4.78 is 12.4. The van der Waals surface area contributed by atoms with Gasteiger partial charge in [-0.2, -0.15) is 5.10 Å². The molecule has 0 bridgehead atoms. The number of thioether (sulfide) groups is 1. The highest BCUT2D eigenvalue weighted by Gasteiger charge is 2.13. The molecule has 0 aliphatic carbocycles. The van der Waals surface area contributed by atoms with Gasteiger partial charge >= 0.3 is 0 Å². The highest BCUT2D eigenvalue weighted by Crippen LogP contribution is 2.25. The molecule has 0 unspecified atom stereocenters. The fourth-order valence-electron chi connectivity index (χ4n) is 2.76. The van der Waals surface area contributed by atoms with Gasteiger partial charge in [0.2, 0.25) is 0 Å². The third-order valence-corrected chi connectivity index (χ3v) is 5.69. The Hall–Kier alpha value is -3.04. The third-order valence-electron chi connectivity index (χ3n) is 4.42. The van der Waals surface area contributed by atoms with Gasteiger partial charge < -0.3 is 14.0 Å². The summed E-state index contributed by atoms with van der Waals surface area (Å²) in [7, 11) is 5.01. The Morgan fingerprint density at radius 3 is 2.58 bits per heavy atom. The van der Waals surface area contributed by atoms with Crippen LogP contribution in [0.2, 0.25) is 5.02 Å². The average Bonchev–Trinajstić information content (AvgIpc) is 3.16. The fourth-order valence-corrected chi connectivity index (χ4v) is 3.59. The van der Waals surface area contributed by atoms with Crippen LogP contribution in [0.15, 0.2) is 52.7 Å². The van der Waals surface area contributed by atoms with Crippen LogP contribution in [0.1, 0.15) is 12.5 Å². The normalized spacial score (nSPS) is 11.3. The van der Waals surface area contributed by atoms with E-state index in [2.05, 4.69) is 20.7 Å². The second-order valence-electron chi connectivity index (χ2n) is 6.46. The number of ether oxygens (including phenoxy) is 2. The maximum atomic E-state index is 12.3. The van der Waals surface area contributed by atoms with E-state index < -0.39 is 0 Å². The molecule has 3 aromatic rings. The first-order valence-corrected chi connectivity index (χ1v) is 10.6. The van der Waals surface area contributed by atoms with Gasteiger partial charge in [-0.15, -0.1) is 10.2 Å². The molecular weight excluding hydrogens is 438 g/mol. The molecule has 10 heteroatoms. The van der Waals surface area contributed by atoms with Gasteiger partial charge in [0.05, 0.1) is 25.7 Å². The van der Waals surface area contributed by atoms with Gasteiger partial charge in [0, 0.05) is 29.3 Å². The Balaban J connectivity index is 1.61. The summed E-state index contributed by atoms with van der Waals surface area (Å²) in [5, 5.41) is 13.8. The number of hydrazone groups is 1. The standard InChI is InChI=1S/C21H22ClN5O3S/c1-13(17-10-9-16(29-3)11-18(17)30-4)23-24-19(28)12-31-21-26-25-20(27(21)2)14-5-7-15(22)8-6-14/h5-11H,12H2,1-4H3,(H,24,28)/b23-13+. The van der Waals surface area contributed by atoms with E-state index in [1.807, 2.05) is 29.8 Å². The number of carbonyl (C=O) groups is 1. The lowest BCUT2D eigenvalue weighted by Gasteiger charge is -2.10. The molecular formula is C21H22ClN5O3S. The number of rotatable bonds is 8. The molecule has 0 saturated heterocycles. The first kappa shape index (κ1) is 22.6. The van der Waals surface area contributed by atoms with E-state index in [-0.39, 0.29) is 11.7 Å². The number of halogens is 1. The molecule has 0 saturated carbocycles. The number of nitrogens with zero attached hydrogens (tertiary/aromatic N) is 4. The van der Waals surface area contributed by atoms with E-state index in [9.17, 15) is 4.79 Å². The first-order valence-electron chi connectivity index (χ1n) is 9.26. The van der Waals surface area contributed by atoms with Crippen LogP contribution >= 0.6 is 23.4 Å². The molecule has 8 nitrogen and oxygen atoms in total. The molecule has 1 N–H and O–H groups in total. The Kier molecular flexibility index (Phi) is 7.54. The molecule has 0 spiro atoms. The van der Waals surface area contributed by atoms with Crippen LogP contribution in [0.3, 0.4) is 0 Å². The zero-order valence-corrected chi connectivity index (χ0v) is 19.1. The third kappa shape index (κ3) is 5.56. The molecule has 0 aliphatic rings. The van der Waals surface area contributed by atoms with Crippen LogP contribution < -0.4 is 14.9 Å². The molecule has 0 radical (unpaired) electrons. The summed E-state index contributed by atoms with van der Waals surface area (Å²) in [5.74, 6) is 1.87. The Morgan fingerprint density at radius 2 is 1.90 bits per heavy atom. The number of hydrogen-bond donors (Lipinski definition) is 1. The van der Waals surface area contributed by atoms with Crippen LogP contribution in [0.4, 0.5) is 0 Å². The van der Waals surface area contributed by atoms with E-state index in [0.29, 0.717) is 33.2 Å². The SMILES string of the molecule is COc1ccc(/C(C)=N/NC(=O)CSc2nnc(-c3ccc(Cl)cc3)n2C)c(OC)c1. The fraction of sp³-hybridized carbons (Fsp3) is 0.238. The highest BCUT2D eigenvalue weighted by molar-refractivity contribution is 7.99. The van der Waals surface area contributed by atoms with Gasteiger partial charge in [-0.25, -0.2) is 5.43 Å². The van der Waals surface area contributed by atoms with Crippen molar-refractivity contribution in [2.45, 2.75) is 12.1 Å². The van der Waals surface area contributed by atoms with Crippen LogP contribution in [-0.2, 0) is 11.8 Å². The first-order chi connectivity index (χ1) is 14.9. The van der Waals surface area contributed by atoms with E-state index >= 15 is 0 Å². The van der Waals surface area contributed by atoms with Crippen molar-refractivity contribution in [2.75, 3.05) is 20.0 Å². The van der Waals surface area contributed by atoms with Crippen LogP contribution in [0.5, 0.6) is 11.5 Å². The summed E-state index contributed by atoms with van der Waals surface area (Å²) in [6, 6.07) is 12.7. The van der Waals surface area contributed by atoms with Crippen LogP contribution in [-0.4, -0.2) is 46.4 Å². The van der Waals surface area contributed by atoms with Crippen molar-refractivity contribution in [1.29, 1.82) is 0 Å². The summed E-state index contributed by atoms with van der Waals surface area (Å²) in [5.41, 5.74) is 4.83. The van der Waals surface area contributed by atoms with Crippen LogP contribution in [0.25, 0.3) is 11.4 Å². The molecule has 0 fully saturated rings. The molecule has 162 valence electrons. The number of amides is 1. The van der Waals surface area contributed by atoms with Crippen molar-refractivity contribution < 1.29 is 14.3 Å². The van der Waals surface area contributed by atoms with Gasteiger partial charge in [-0.05, 0) is 43.3 Å². The lowest BCUT2D eigenvalue weighted by Crippen LogP contribution is -2.21. The van der Waals surface area contributed by atoms with Crippen molar-refractivity contribution in [1.82, 2.24) is 20.2 Å². The van der Waals surface area contributed by atoms with Gasteiger partial charge in [0.1, 0.15) is 11.5 Å². The van der Waals surface area contributed by atoms with Gasteiger partial charge in [-0.3, -0.25) is 4.79 Å². The predicted octanol–water partition coefficient (Wildman–Crippen LogP) is 3.79. The van der Waals surface area contributed by atoms with Crippen molar-refractivity contribution in [2.24, 2.45) is 12.1 Å². The summed E-state index contributed by atoms with van der Waals surface area (Å²) in [4.78, 5) is 12.3. The van der Waals surface area contributed by atoms with Crippen molar-refractivity contribution >= 4 is 35.0 Å². The Morgan fingerprint density at radius 1 is 1.16 bits per heavy atom. The molecule has 31 heavy (non-hydrogen) atoms. The molecule has 3 rings (SSSR count). The number of aromatic nitrogens is 3. The van der Waals surface area contributed by atoms with E-state index in [4.69, 9.17) is 21.1 Å². The van der Waals surface area contributed by atoms with E-state index in [1.165, 1.54) is 11.8 Å². The number of benzene rings is 2. The van der Waals surface area contributed by atoms with Gasteiger partial charge in [0.25, 0.3) is 5.91 Å². The zero-order chi connectivity index (χ0) is 22.4. The maximum Gasteiger partial charge on any atom is 0.250 e. The Labute approximate surface area is 189 Å². The lowest BCUT2D eigenvalue weighted by molar-refractivity contribution is -0.118. The second kappa shape index (κ2) is 10.3. The largest absolute Gasteiger partial charge is 0.497 e. The minimum atomic E-state index is -0.257.